The van der Waals surface area contributed by atoms with Crippen LogP contribution >= 0.6 is 33.2 Å². The van der Waals surface area contributed by atoms with Gasteiger partial charge in [-0.25, -0.2) is 0 Å². The zero-order valence-corrected chi connectivity index (χ0v) is 5.89. The quantitative estimate of drug-likeness (QED) is 0.325. The molecule has 36 valence electrons. The molecule has 6 heavy (non-hydrogen) atoms. The second-order valence-corrected chi connectivity index (χ2v) is 9.09. The summed E-state index contributed by atoms with van der Waals surface area (Å²) in [6.45, 7) is 0. The maximum Gasteiger partial charge on any atom is 0.406 e. The summed E-state index contributed by atoms with van der Waals surface area (Å²) in [7, 11) is 0. The minimum Gasteiger partial charge on any atom is -0.304 e. The fourth-order valence-corrected chi connectivity index (χ4v) is 0. The molecule has 0 radical (unpaired) electrons. The van der Waals surface area contributed by atoms with Crippen LogP contribution < -0.4 is 0 Å². The lowest BCUT2D eigenvalue weighted by Gasteiger charge is -1.88. The third-order valence-electron chi connectivity index (χ3n) is 0.134. The molecule has 0 atom stereocenters. The van der Waals surface area contributed by atoms with Gasteiger partial charge in [0.15, 0.2) is 5.91 Å². The van der Waals surface area contributed by atoms with E-state index in [0.717, 1.165) is 0 Å². The average Bonchev–Trinajstić information content (AvgIpc) is 1.35. The number of hydrogen-bond donors (Lipinski definition) is 0. The van der Waals surface area contributed by atoms with Gasteiger partial charge in [0.25, 0.3) is 0 Å². The third kappa shape index (κ3) is 4.76. The van der Waals surface area contributed by atoms with Gasteiger partial charge in [0.1, 0.15) is 0 Å². The molecule has 5 heteroatoms. The Kier molecular flexibility index (Phi) is 2.44. The van der Waals surface area contributed by atoms with Crippen molar-refractivity contribution in [3.8, 4) is 0 Å². The summed E-state index contributed by atoms with van der Waals surface area (Å²) in [5.74, 6) is 0.373. The molecule has 0 aliphatic carbocycles. The van der Waals surface area contributed by atoms with Crippen LogP contribution in [0.2, 0.25) is 0 Å². The van der Waals surface area contributed by atoms with Gasteiger partial charge in [-0.2, -0.15) is 0 Å². The molecular formula is CHCl3OSi. The number of halogens is 3. The average molecular weight is 163 g/mol. The highest BCUT2D eigenvalue weighted by atomic mass is 35.8. The topological polar surface area (TPSA) is 17.1 Å². The van der Waals surface area contributed by atoms with Crippen molar-refractivity contribution in [1.29, 1.82) is 0 Å². The zero-order valence-electron chi connectivity index (χ0n) is 2.62. The Balaban J connectivity index is 3.45. The molecule has 0 rings (SSSR count). The summed E-state index contributed by atoms with van der Waals surface area (Å²) in [5, 5.41) is 0. The van der Waals surface area contributed by atoms with Gasteiger partial charge in [0.05, 0.1) is 0 Å². The van der Waals surface area contributed by atoms with E-state index in [4.69, 9.17) is 33.2 Å². The molecule has 0 amide bonds. The van der Waals surface area contributed by atoms with Crippen LogP contribution in [0.5, 0.6) is 0 Å². The summed E-state index contributed by atoms with van der Waals surface area (Å²) in [4.78, 5) is 9.49. The highest BCUT2D eigenvalue weighted by Gasteiger charge is 2.22. The van der Waals surface area contributed by atoms with Crippen molar-refractivity contribution in [3.05, 3.63) is 0 Å². The fourth-order valence-electron chi connectivity index (χ4n) is 0. The van der Waals surface area contributed by atoms with Crippen molar-refractivity contribution in [2.24, 2.45) is 0 Å². The second kappa shape index (κ2) is 2.16. The fraction of sp³-hybridized carbons (Fsp3) is 0. The van der Waals surface area contributed by atoms with E-state index in [9.17, 15) is 4.79 Å². The van der Waals surface area contributed by atoms with E-state index in [1.807, 2.05) is 0 Å². The van der Waals surface area contributed by atoms with Crippen molar-refractivity contribution < 1.29 is 4.79 Å². The van der Waals surface area contributed by atoms with Crippen LogP contribution in [0.15, 0.2) is 0 Å². The molecule has 0 spiro atoms. The second-order valence-electron chi connectivity index (χ2n) is 0.659. The molecule has 0 fully saturated rings. The zero-order chi connectivity index (χ0) is 5.21. The van der Waals surface area contributed by atoms with Gasteiger partial charge in [-0.05, 0) is 0 Å². The SMILES string of the molecule is O=C[Si](Cl)(Cl)Cl. The molecule has 0 aliphatic rings. The molecule has 1 nitrogen and oxygen atoms in total. The Bertz CT molecular complexity index is 56.3. The number of carbonyl (C=O) groups is 1. The standard InChI is InChI=1S/CHCl3OSi/c2-6(3,4)1-5/h1H. The first-order valence-electron chi connectivity index (χ1n) is 1.09. The van der Waals surface area contributed by atoms with E-state index in [0.29, 0.717) is 5.91 Å². The first kappa shape index (κ1) is 6.76. The first-order valence-corrected chi connectivity index (χ1v) is 6.20. The van der Waals surface area contributed by atoms with E-state index < -0.39 is 6.00 Å². The Labute approximate surface area is 50.3 Å². The van der Waals surface area contributed by atoms with E-state index in [-0.39, 0.29) is 0 Å². The summed E-state index contributed by atoms with van der Waals surface area (Å²) in [5.41, 5.74) is 0. The largest absolute Gasteiger partial charge is 0.406 e. The van der Waals surface area contributed by atoms with Crippen LogP contribution in [-0.4, -0.2) is 11.9 Å². The van der Waals surface area contributed by atoms with Gasteiger partial charge in [-0.3, -0.25) is 0 Å². The van der Waals surface area contributed by atoms with Crippen LogP contribution in [0.3, 0.4) is 0 Å². The van der Waals surface area contributed by atoms with Crippen LogP contribution in [0.25, 0.3) is 0 Å². The minimum atomic E-state index is -2.90. The number of hydrogen-bond acceptors (Lipinski definition) is 1. The maximum atomic E-state index is 9.49. The Morgan fingerprint density at radius 1 is 1.33 bits per heavy atom. The van der Waals surface area contributed by atoms with Crippen molar-refractivity contribution in [2.75, 3.05) is 0 Å². The maximum absolute atomic E-state index is 9.49. The molecular weight excluding hydrogens is 162 g/mol. The Morgan fingerprint density at radius 2 is 1.50 bits per heavy atom. The van der Waals surface area contributed by atoms with E-state index in [1.54, 1.807) is 0 Å². The van der Waals surface area contributed by atoms with Crippen LogP contribution in [-0.2, 0) is 4.79 Å². The van der Waals surface area contributed by atoms with Crippen LogP contribution in [0.4, 0.5) is 0 Å². The highest BCUT2D eigenvalue weighted by molar-refractivity contribution is 7.73. The molecule has 0 saturated heterocycles. The number of carbonyl (C=O) groups excluding carboxylic acids is 1. The van der Waals surface area contributed by atoms with E-state index in [1.165, 1.54) is 0 Å². The Morgan fingerprint density at radius 3 is 1.50 bits per heavy atom. The Hall–Kier alpha value is 0.757. The van der Waals surface area contributed by atoms with Gasteiger partial charge in [0, 0.05) is 0 Å². The van der Waals surface area contributed by atoms with Crippen molar-refractivity contribution >= 4 is 45.1 Å². The van der Waals surface area contributed by atoms with Crippen LogP contribution in [0.1, 0.15) is 0 Å². The van der Waals surface area contributed by atoms with Gasteiger partial charge in [-0.1, -0.05) is 0 Å². The summed E-state index contributed by atoms with van der Waals surface area (Å²) >= 11 is 15.1. The number of rotatable bonds is 1. The van der Waals surface area contributed by atoms with Gasteiger partial charge in [-0.15, -0.1) is 33.2 Å². The molecule has 0 aliphatic heterocycles. The molecule has 0 bridgehead atoms. The van der Waals surface area contributed by atoms with Gasteiger partial charge in [0.2, 0.25) is 0 Å². The molecule has 0 aromatic carbocycles. The summed E-state index contributed by atoms with van der Waals surface area (Å²) in [6, 6.07) is -2.90. The normalized spacial score (nSPS) is 11.2. The predicted octanol–water partition coefficient (Wildman–Crippen LogP) is 1.41. The first-order chi connectivity index (χ1) is 2.56. The molecule has 0 unspecified atom stereocenters. The van der Waals surface area contributed by atoms with Crippen molar-refractivity contribution in [1.82, 2.24) is 0 Å². The minimum absolute atomic E-state index is 0.373. The summed E-state index contributed by atoms with van der Waals surface area (Å²) < 4.78 is 0. The molecule has 0 N–H and O–H groups in total. The van der Waals surface area contributed by atoms with E-state index >= 15 is 0 Å². The summed E-state index contributed by atoms with van der Waals surface area (Å²) in [6.07, 6.45) is 0. The highest BCUT2D eigenvalue weighted by Crippen LogP contribution is 2.14. The smallest absolute Gasteiger partial charge is 0.304 e. The van der Waals surface area contributed by atoms with Gasteiger partial charge >= 0.3 is 6.00 Å². The molecule has 0 aromatic heterocycles. The molecule has 0 saturated carbocycles. The van der Waals surface area contributed by atoms with Gasteiger partial charge < -0.3 is 4.79 Å². The lowest BCUT2D eigenvalue weighted by atomic mass is 11.8. The molecule has 0 heterocycles. The molecule has 0 aromatic rings. The monoisotopic (exact) mass is 162 g/mol. The lowest BCUT2D eigenvalue weighted by molar-refractivity contribution is 0.568. The van der Waals surface area contributed by atoms with E-state index in [2.05, 4.69) is 0 Å². The predicted molar refractivity (Wildman–Crippen MR) is 30.1 cm³/mol. The lowest BCUT2D eigenvalue weighted by Crippen LogP contribution is -2.10. The van der Waals surface area contributed by atoms with Crippen molar-refractivity contribution in [3.63, 3.8) is 0 Å². The van der Waals surface area contributed by atoms with Crippen LogP contribution in [0, 0.1) is 0 Å². The third-order valence-corrected chi connectivity index (χ3v) is 1.20. The van der Waals surface area contributed by atoms with Crippen molar-refractivity contribution in [2.45, 2.75) is 0 Å².